The van der Waals surface area contributed by atoms with E-state index in [0.717, 1.165) is 42.4 Å². The molecular formula is C16H24N4S. The molecule has 0 amide bonds. The Morgan fingerprint density at radius 3 is 2.62 bits per heavy atom. The number of nitrogens with zero attached hydrogens (tertiary/aromatic N) is 2. The van der Waals surface area contributed by atoms with Gasteiger partial charge in [-0.2, -0.15) is 11.3 Å². The second-order valence-corrected chi connectivity index (χ2v) is 5.95. The Labute approximate surface area is 131 Å². The van der Waals surface area contributed by atoms with Crippen molar-refractivity contribution in [1.29, 1.82) is 0 Å². The van der Waals surface area contributed by atoms with E-state index in [9.17, 15) is 0 Å². The average molecular weight is 304 g/mol. The minimum atomic E-state index is 0.244. The van der Waals surface area contributed by atoms with E-state index in [2.05, 4.69) is 60.1 Å². The van der Waals surface area contributed by atoms with Crippen LogP contribution in [0.3, 0.4) is 0 Å². The van der Waals surface area contributed by atoms with Crippen LogP contribution in [0.1, 0.15) is 50.2 Å². The van der Waals surface area contributed by atoms with Crippen molar-refractivity contribution in [2.24, 2.45) is 0 Å². The SMILES string of the molecule is CCCc1nc(NCC)c(C)c(NC(C)c2ccsc2)n1. The summed E-state index contributed by atoms with van der Waals surface area (Å²) in [6.45, 7) is 9.33. The quantitative estimate of drug-likeness (QED) is 0.796. The van der Waals surface area contributed by atoms with E-state index in [4.69, 9.17) is 4.98 Å². The molecule has 1 atom stereocenters. The summed E-state index contributed by atoms with van der Waals surface area (Å²) in [5, 5.41) is 11.1. The van der Waals surface area contributed by atoms with Gasteiger partial charge in [-0.15, -0.1) is 0 Å². The molecule has 2 rings (SSSR count). The van der Waals surface area contributed by atoms with E-state index in [1.165, 1.54) is 5.56 Å². The van der Waals surface area contributed by atoms with Crippen molar-refractivity contribution in [2.45, 2.75) is 46.6 Å². The minimum Gasteiger partial charge on any atom is -0.370 e. The van der Waals surface area contributed by atoms with Gasteiger partial charge in [0.2, 0.25) is 0 Å². The third kappa shape index (κ3) is 3.94. The maximum absolute atomic E-state index is 4.70. The first kappa shape index (κ1) is 15.8. The molecule has 0 aromatic carbocycles. The number of thiophene rings is 1. The van der Waals surface area contributed by atoms with Crippen LogP contribution in [0.5, 0.6) is 0 Å². The number of aryl methyl sites for hydroxylation is 1. The fraction of sp³-hybridized carbons (Fsp3) is 0.500. The average Bonchev–Trinajstić information content (AvgIpc) is 2.98. The Hall–Kier alpha value is -1.62. The zero-order valence-electron chi connectivity index (χ0n) is 13.2. The van der Waals surface area contributed by atoms with Crippen molar-refractivity contribution in [3.05, 3.63) is 33.8 Å². The summed E-state index contributed by atoms with van der Waals surface area (Å²) in [5.74, 6) is 2.78. The fourth-order valence-corrected chi connectivity index (χ4v) is 2.94. The van der Waals surface area contributed by atoms with Gasteiger partial charge in [0, 0.05) is 18.5 Å². The lowest BCUT2D eigenvalue weighted by Crippen LogP contribution is -2.13. The van der Waals surface area contributed by atoms with Crippen molar-refractivity contribution in [1.82, 2.24) is 9.97 Å². The molecule has 1 unspecified atom stereocenters. The highest BCUT2D eigenvalue weighted by Crippen LogP contribution is 2.25. The van der Waals surface area contributed by atoms with E-state index in [1.807, 2.05) is 0 Å². The number of nitrogens with one attached hydrogen (secondary N) is 2. The topological polar surface area (TPSA) is 49.8 Å². The molecule has 2 N–H and O–H groups in total. The van der Waals surface area contributed by atoms with Gasteiger partial charge in [0.1, 0.15) is 17.5 Å². The van der Waals surface area contributed by atoms with E-state index in [-0.39, 0.29) is 6.04 Å². The van der Waals surface area contributed by atoms with Crippen LogP contribution in [0.4, 0.5) is 11.6 Å². The zero-order valence-corrected chi connectivity index (χ0v) is 14.0. The molecule has 0 bridgehead atoms. The molecule has 4 nitrogen and oxygen atoms in total. The minimum absolute atomic E-state index is 0.244. The van der Waals surface area contributed by atoms with Crippen LogP contribution in [0.25, 0.3) is 0 Å². The molecule has 2 aromatic rings. The number of hydrogen-bond acceptors (Lipinski definition) is 5. The maximum atomic E-state index is 4.70. The largest absolute Gasteiger partial charge is 0.370 e. The lowest BCUT2D eigenvalue weighted by Gasteiger charge is -2.18. The molecule has 5 heteroatoms. The predicted molar refractivity (Wildman–Crippen MR) is 91.3 cm³/mol. The molecule has 0 aliphatic carbocycles. The first-order chi connectivity index (χ1) is 10.2. The number of aromatic nitrogens is 2. The fourth-order valence-electron chi connectivity index (χ4n) is 2.19. The van der Waals surface area contributed by atoms with Crippen molar-refractivity contribution in [2.75, 3.05) is 17.2 Å². The van der Waals surface area contributed by atoms with Crippen molar-refractivity contribution < 1.29 is 0 Å². The molecule has 2 aromatic heterocycles. The highest BCUT2D eigenvalue weighted by molar-refractivity contribution is 7.07. The van der Waals surface area contributed by atoms with Gasteiger partial charge in [-0.3, -0.25) is 0 Å². The third-order valence-electron chi connectivity index (χ3n) is 3.41. The molecule has 0 aliphatic heterocycles. The summed E-state index contributed by atoms with van der Waals surface area (Å²) < 4.78 is 0. The normalized spacial score (nSPS) is 12.2. The summed E-state index contributed by atoms with van der Waals surface area (Å²) in [6, 6.07) is 2.39. The molecule has 0 saturated carbocycles. The third-order valence-corrected chi connectivity index (χ3v) is 4.11. The number of anilines is 2. The molecule has 0 spiro atoms. The lowest BCUT2D eigenvalue weighted by molar-refractivity contribution is 0.815. The maximum Gasteiger partial charge on any atom is 0.135 e. The molecular weight excluding hydrogens is 280 g/mol. The zero-order chi connectivity index (χ0) is 15.2. The van der Waals surface area contributed by atoms with Crippen LogP contribution < -0.4 is 10.6 Å². The van der Waals surface area contributed by atoms with Crippen LogP contribution in [0.15, 0.2) is 16.8 Å². The Kier molecular flexibility index (Phi) is 5.56. The van der Waals surface area contributed by atoms with Gasteiger partial charge in [0.15, 0.2) is 0 Å². The highest BCUT2D eigenvalue weighted by Gasteiger charge is 2.13. The number of rotatable bonds is 7. The molecule has 114 valence electrons. The van der Waals surface area contributed by atoms with Crippen LogP contribution in [-0.4, -0.2) is 16.5 Å². The van der Waals surface area contributed by atoms with Gasteiger partial charge < -0.3 is 10.6 Å². The molecule has 21 heavy (non-hydrogen) atoms. The molecule has 2 heterocycles. The van der Waals surface area contributed by atoms with E-state index >= 15 is 0 Å². The van der Waals surface area contributed by atoms with E-state index < -0.39 is 0 Å². The molecule has 0 saturated heterocycles. The molecule has 0 aliphatic rings. The first-order valence-electron chi connectivity index (χ1n) is 7.55. The van der Waals surface area contributed by atoms with E-state index in [0.29, 0.717) is 0 Å². The number of hydrogen-bond donors (Lipinski definition) is 2. The Bertz CT molecular complexity index is 566. The predicted octanol–water partition coefficient (Wildman–Crippen LogP) is 4.40. The van der Waals surface area contributed by atoms with Gasteiger partial charge in [-0.1, -0.05) is 6.92 Å². The van der Waals surface area contributed by atoms with Crippen molar-refractivity contribution in [3.8, 4) is 0 Å². The summed E-state index contributed by atoms with van der Waals surface area (Å²) in [6.07, 6.45) is 1.95. The molecule has 0 radical (unpaired) electrons. The van der Waals surface area contributed by atoms with Gasteiger partial charge in [0.05, 0.1) is 6.04 Å². The Morgan fingerprint density at radius 2 is 2.00 bits per heavy atom. The van der Waals surface area contributed by atoms with Crippen LogP contribution >= 0.6 is 11.3 Å². The van der Waals surface area contributed by atoms with Crippen LogP contribution in [0, 0.1) is 6.92 Å². The monoisotopic (exact) mass is 304 g/mol. The standard InChI is InChI=1S/C16H24N4S/c1-5-7-14-19-15(17-6-2)11(3)16(20-14)18-12(4)13-8-9-21-10-13/h8-10,12H,5-7H2,1-4H3,(H2,17,18,19,20). The highest BCUT2D eigenvalue weighted by atomic mass is 32.1. The van der Waals surface area contributed by atoms with Gasteiger partial charge in [-0.25, -0.2) is 9.97 Å². The molecule has 0 fully saturated rings. The Morgan fingerprint density at radius 1 is 1.24 bits per heavy atom. The van der Waals surface area contributed by atoms with Gasteiger partial charge in [-0.05, 0) is 49.6 Å². The summed E-state index contributed by atoms with van der Waals surface area (Å²) in [4.78, 5) is 9.32. The van der Waals surface area contributed by atoms with Gasteiger partial charge >= 0.3 is 0 Å². The van der Waals surface area contributed by atoms with E-state index in [1.54, 1.807) is 11.3 Å². The van der Waals surface area contributed by atoms with Gasteiger partial charge in [0.25, 0.3) is 0 Å². The van der Waals surface area contributed by atoms with Crippen molar-refractivity contribution >= 4 is 23.0 Å². The van der Waals surface area contributed by atoms with Crippen molar-refractivity contribution in [3.63, 3.8) is 0 Å². The second-order valence-electron chi connectivity index (χ2n) is 5.17. The second kappa shape index (κ2) is 7.41. The smallest absolute Gasteiger partial charge is 0.135 e. The Balaban J connectivity index is 2.27. The summed E-state index contributed by atoms with van der Waals surface area (Å²) in [5.41, 5.74) is 2.37. The summed E-state index contributed by atoms with van der Waals surface area (Å²) in [7, 11) is 0. The summed E-state index contributed by atoms with van der Waals surface area (Å²) >= 11 is 1.72. The van der Waals surface area contributed by atoms with Crippen LogP contribution in [-0.2, 0) is 6.42 Å². The first-order valence-corrected chi connectivity index (χ1v) is 8.50. The lowest BCUT2D eigenvalue weighted by atomic mass is 10.1. The van der Waals surface area contributed by atoms with Crippen LogP contribution in [0.2, 0.25) is 0 Å².